The summed E-state index contributed by atoms with van der Waals surface area (Å²) in [6.45, 7) is 0. The van der Waals surface area contributed by atoms with E-state index in [1.54, 1.807) is 0 Å². The van der Waals surface area contributed by atoms with E-state index in [9.17, 15) is 0 Å². The molecule has 266 valence electrons. The van der Waals surface area contributed by atoms with Gasteiger partial charge in [0.15, 0.2) is 17.5 Å². The fourth-order valence-corrected chi connectivity index (χ4v) is 8.38. The van der Waals surface area contributed by atoms with Crippen molar-refractivity contribution >= 4 is 65.7 Å². The third-order valence-electron chi connectivity index (χ3n) is 11.1. The van der Waals surface area contributed by atoms with Crippen LogP contribution in [0.15, 0.2) is 191 Å². The summed E-state index contributed by atoms with van der Waals surface area (Å²) < 4.78 is 15.0. The van der Waals surface area contributed by atoms with Crippen LogP contribution in [0.5, 0.6) is 0 Å². The summed E-state index contributed by atoms with van der Waals surface area (Å²) in [6.07, 6.45) is 0. The van der Waals surface area contributed by atoms with Crippen LogP contribution in [-0.4, -0.2) is 19.5 Å². The van der Waals surface area contributed by atoms with E-state index in [-0.39, 0.29) is 0 Å². The van der Waals surface area contributed by atoms with Gasteiger partial charge in [-0.2, -0.15) is 0 Å². The standard InChI is InChI=1S/C51H30N4O2/c1-2-12-31(13-3-1)49-52-50(54-51(53-49)40-17-6-10-20-44(40)55-42-18-8-4-14-35(42)36-15-5-9-19-43(36)55)34-23-26-39-41-28-32(24-27-46(41)57-48(39)30-34)33-22-25-38-37-16-7-11-21-45(37)56-47(38)29-33/h1-30H. The summed E-state index contributed by atoms with van der Waals surface area (Å²) in [5, 5.41) is 6.70. The minimum absolute atomic E-state index is 0.568. The Morgan fingerprint density at radius 1 is 0.316 bits per heavy atom. The number of nitrogens with zero attached hydrogens (tertiary/aromatic N) is 4. The zero-order valence-corrected chi connectivity index (χ0v) is 30.4. The molecule has 0 N–H and O–H groups in total. The largest absolute Gasteiger partial charge is 0.456 e. The zero-order chi connectivity index (χ0) is 37.5. The Morgan fingerprint density at radius 2 is 0.825 bits per heavy atom. The predicted molar refractivity (Wildman–Crippen MR) is 230 cm³/mol. The maximum absolute atomic E-state index is 6.50. The van der Waals surface area contributed by atoms with Gasteiger partial charge in [-0.15, -0.1) is 0 Å². The number of aromatic nitrogens is 4. The van der Waals surface area contributed by atoms with Crippen molar-refractivity contribution in [3.63, 3.8) is 0 Å². The van der Waals surface area contributed by atoms with E-state index < -0.39 is 0 Å². The van der Waals surface area contributed by atoms with Crippen LogP contribution in [0, 0.1) is 0 Å². The van der Waals surface area contributed by atoms with Gasteiger partial charge in [0.2, 0.25) is 0 Å². The van der Waals surface area contributed by atoms with Gasteiger partial charge < -0.3 is 13.4 Å². The molecule has 0 amide bonds. The fourth-order valence-electron chi connectivity index (χ4n) is 8.38. The van der Waals surface area contributed by atoms with E-state index in [1.807, 2.05) is 66.7 Å². The fraction of sp³-hybridized carbons (Fsp3) is 0. The summed E-state index contributed by atoms with van der Waals surface area (Å²) >= 11 is 0. The van der Waals surface area contributed by atoms with Crippen LogP contribution < -0.4 is 0 Å². The van der Waals surface area contributed by atoms with Crippen LogP contribution in [0.1, 0.15) is 0 Å². The number of fused-ring (bicyclic) bond motifs is 9. The molecule has 12 aromatic rings. The molecule has 6 nitrogen and oxygen atoms in total. The Bertz CT molecular complexity index is 3490. The Balaban J connectivity index is 0.997. The van der Waals surface area contributed by atoms with Crippen molar-refractivity contribution in [1.29, 1.82) is 0 Å². The molecule has 12 rings (SSSR count). The number of benzene rings is 8. The van der Waals surface area contributed by atoms with E-state index >= 15 is 0 Å². The first-order valence-corrected chi connectivity index (χ1v) is 19.0. The Morgan fingerprint density at radius 3 is 1.60 bits per heavy atom. The highest BCUT2D eigenvalue weighted by molar-refractivity contribution is 6.10. The summed E-state index contributed by atoms with van der Waals surface area (Å²) in [5.41, 5.74) is 11.4. The highest BCUT2D eigenvalue weighted by Gasteiger charge is 2.20. The molecule has 0 saturated carbocycles. The van der Waals surface area contributed by atoms with Crippen LogP contribution in [0.2, 0.25) is 0 Å². The molecule has 0 aliphatic rings. The van der Waals surface area contributed by atoms with Crippen molar-refractivity contribution in [3.8, 4) is 51.0 Å². The van der Waals surface area contributed by atoms with Crippen LogP contribution >= 0.6 is 0 Å². The number of hydrogen-bond acceptors (Lipinski definition) is 5. The topological polar surface area (TPSA) is 69.9 Å². The van der Waals surface area contributed by atoms with Crippen LogP contribution in [0.4, 0.5) is 0 Å². The molecule has 4 heterocycles. The number of para-hydroxylation sites is 4. The zero-order valence-electron chi connectivity index (χ0n) is 30.4. The molecule has 8 aromatic carbocycles. The maximum atomic E-state index is 6.50. The lowest BCUT2D eigenvalue weighted by molar-refractivity contribution is 0.669. The molecule has 0 atom stereocenters. The Labute approximate surface area is 325 Å². The van der Waals surface area contributed by atoms with Crippen molar-refractivity contribution in [1.82, 2.24) is 19.5 Å². The summed E-state index contributed by atoms with van der Waals surface area (Å²) in [7, 11) is 0. The molecule has 57 heavy (non-hydrogen) atoms. The quantitative estimate of drug-likeness (QED) is 0.176. The molecule has 0 aliphatic carbocycles. The van der Waals surface area contributed by atoms with Crippen LogP contribution in [0.3, 0.4) is 0 Å². The van der Waals surface area contributed by atoms with E-state index in [4.69, 9.17) is 23.8 Å². The Hall–Kier alpha value is -7.83. The van der Waals surface area contributed by atoms with E-state index in [2.05, 4.69) is 120 Å². The second kappa shape index (κ2) is 12.3. The number of rotatable bonds is 5. The van der Waals surface area contributed by atoms with Gasteiger partial charge in [0, 0.05) is 49.0 Å². The Kier molecular flexibility index (Phi) is 6.83. The minimum Gasteiger partial charge on any atom is -0.456 e. The molecule has 0 unspecified atom stereocenters. The van der Waals surface area contributed by atoms with Crippen LogP contribution in [0.25, 0.3) is 117 Å². The lowest BCUT2D eigenvalue weighted by Gasteiger charge is -2.14. The third-order valence-corrected chi connectivity index (χ3v) is 11.1. The average molecular weight is 731 g/mol. The summed E-state index contributed by atoms with van der Waals surface area (Å²) in [4.78, 5) is 15.4. The van der Waals surface area contributed by atoms with E-state index in [0.717, 1.165) is 88.4 Å². The molecular formula is C51H30N4O2. The average Bonchev–Trinajstić information content (AvgIpc) is 3.95. The molecule has 0 fully saturated rings. The van der Waals surface area contributed by atoms with Gasteiger partial charge in [-0.3, -0.25) is 0 Å². The normalized spacial score (nSPS) is 11.9. The first-order chi connectivity index (χ1) is 28.2. The summed E-state index contributed by atoms with van der Waals surface area (Å²) in [5.74, 6) is 1.76. The lowest BCUT2D eigenvalue weighted by atomic mass is 10.0. The van der Waals surface area contributed by atoms with Crippen LogP contribution in [-0.2, 0) is 0 Å². The van der Waals surface area contributed by atoms with Gasteiger partial charge in [-0.1, -0.05) is 115 Å². The van der Waals surface area contributed by atoms with Gasteiger partial charge in [0.05, 0.1) is 16.7 Å². The molecule has 4 aromatic heterocycles. The second-order valence-electron chi connectivity index (χ2n) is 14.4. The van der Waals surface area contributed by atoms with Crippen molar-refractivity contribution in [3.05, 3.63) is 182 Å². The number of hydrogen-bond donors (Lipinski definition) is 0. The van der Waals surface area contributed by atoms with Gasteiger partial charge in [0.1, 0.15) is 22.3 Å². The van der Waals surface area contributed by atoms with Gasteiger partial charge in [0.25, 0.3) is 0 Å². The van der Waals surface area contributed by atoms with Crippen molar-refractivity contribution < 1.29 is 8.83 Å². The van der Waals surface area contributed by atoms with E-state index in [0.29, 0.717) is 17.5 Å². The highest BCUT2D eigenvalue weighted by Crippen LogP contribution is 2.39. The van der Waals surface area contributed by atoms with Gasteiger partial charge >= 0.3 is 0 Å². The third kappa shape index (κ3) is 5.01. The minimum atomic E-state index is 0.568. The first-order valence-electron chi connectivity index (χ1n) is 19.0. The molecule has 0 bridgehead atoms. The molecular weight excluding hydrogens is 701 g/mol. The molecule has 0 radical (unpaired) electrons. The molecule has 0 saturated heterocycles. The van der Waals surface area contributed by atoms with Crippen molar-refractivity contribution in [2.24, 2.45) is 0 Å². The predicted octanol–water partition coefficient (Wildman–Crippen LogP) is 13.4. The molecule has 6 heteroatoms. The number of furan rings is 2. The molecule has 0 spiro atoms. The highest BCUT2D eigenvalue weighted by atomic mass is 16.3. The maximum Gasteiger partial charge on any atom is 0.166 e. The van der Waals surface area contributed by atoms with Gasteiger partial charge in [-0.05, 0) is 77.9 Å². The van der Waals surface area contributed by atoms with Crippen molar-refractivity contribution in [2.45, 2.75) is 0 Å². The second-order valence-corrected chi connectivity index (χ2v) is 14.4. The first kappa shape index (κ1) is 31.5. The SMILES string of the molecule is c1ccc(-c2nc(-c3ccc4c(c3)oc3ccc(-c5ccc6c(c5)oc5ccccc56)cc34)nc(-c3ccccc3-n3c4ccccc4c4ccccc43)n2)cc1. The monoisotopic (exact) mass is 730 g/mol. The van der Waals surface area contributed by atoms with Gasteiger partial charge in [-0.25, -0.2) is 15.0 Å². The van der Waals surface area contributed by atoms with Crippen molar-refractivity contribution in [2.75, 3.05) is 0 Å². The smallest absolute Gasteiger partial charge is 0.166 e. The van der Waals surface area contributed by atoms with E-state index in [1.165, 1.54) is 10.8 Å². The summed E-state index contributed by atoms with van der Waals surface area (Å²) in [6, 6.07) is 62.7. The lowest BCUT2D eigenvalue weighted by Crippen LogP contribution is -2.03. The molecule has 0 aliphatic heterocycles.